The summed E-state index contributed by atoms with van der Waals surface area (Å²) in [5.41, 5.74) is -3.03. The van der Waals surface area contributed by atoms with Gasteiger partial charge >= 0.3 is 5.97 Å². The standard InChI is InChI=1S/C66H139O15P7S8/c1-46(2)32-53(15)39-82(70-54(16)33-47(3)4)91-40-60(22)77-87(78-62(24)42-93-85(72-56(18)35-49(7)8)73-57(19)36-50(9)10)94-41-61(23)76-84(90-31-30-66(67)68-28)79-63(25)45-96-88(89,80-64(26)43-92-83(69-29)71-55(17)34-48(5)6)81-65(27)44-95-86(74-58(20)37-51(11)12)75-59(21)38-52(13)14/h46-65H,30-45H2,1-29H3. The lowest BCUT2D eigenvalue weighted by Gasteiger charge is -2.31. The smallest absolute Gasteiger partial charge is 0.306 e. The summed E-state index contributed by atoms with van der Waals surface area (Å²) in [4.78, 5) is 12.5. The van der Waals surface area contributed by atoms with Crippen molar-refractivity contribution in [2.24, 2.45) is 47.3 Å². The van der Waals surface area contributed by atoms with E-state index in [1.807, 2.05) is 25.2 Å². The summed E-state index contributed by atoms with van der Waals surface area (Å²) in [6, 6.07) is 0. The fraction of sp³-hybridized carbons (Fsp3) is 0.985. The average Bonchev–Trinajstić information content (AvgIpc) is 0.884. The largest absolute Gasteiger partial charge is 0.469 e. The van der Waals surface area contributed by atoms with Gasteiger partial charge in [0.1, 0.15) is 0 Å². The molecule has 0 aliphatic heterocycles. The molecule has 0 heterocycles. The van der Waals surface area contributed by atoms with E-state index in [1.54, 1.807) is 52.6 Å². The molecule has 0 N–H and O–H groups in total. The summed E-state index contributed by atoms with van der Waals surface area (Å²) >= 11 is 18.1. The predicted molar refractivity (Wildman–Crippen MR) is 443 cm³/mol. The lowest BCUT2D eigenvalue weighted by molar-refractivity contribution is -0.140. The zero-order valence-electron chi connectivity index (χ0n) is 64.9. The molecule has 15 nitrogen and oxygen atoms in total. The van der Waals surface area contributed by atoms with Crippen LogP contribution in [0, 0.1) is 47.3 Å². The Kier molecular flexibility index (Phi) is 61.4. The van der Waals surface area contributed by atoms with Gasteiger partial charge in [0.05, 0.1) is 94.1 Å². The van der Waals surface area contributed by atoms with Gasteiger partial charge in [-0.05, 0) is 187 Å². The summed E-state index contributed by atoms with van der Waals surface area (Å²) in [5, 5.41) is 0. The number of ether oxygens (including phenoxy) is 1. The highest BCUT2D eigenvalue weighted by Gasteiger charge is 2.33. The molecule has 30 heteroatoms. The molecule has 18 unspecified atom stereocenters. The van der Waals surface area contributed by atoms with Crippen LogP contribution in [0.2, 0.25) is 0 Å². The number of rotatable bonds is 63. The third-order valence-corrected chi connectivity index (χ3v) is 40.2. The Morgan fingerprint density at radius 3 is 0.927 bits per heavy atom. The molecular weight excluding hydrogens is 1510 g/mol. The van der Waals surface area contributed by atoms with Crippen LogP contribution in [0.4, 0.5) is 0 Å². The number of hydrogen-bond acceptors (Lipinski definition) is 23. The second-order valence-electron chi connectivity index (χ2n) is 28.7. The summed E-state index contributed by atoms with van der Waals surface area (Å²) in [6.45, 7) is 59.1. The van der Waals surface area contributed by atoms with Gasteiger partial charge in [0.15, 0.2) is 0 Å². The number of carbonyl (C=O) groups is 1. The van der Waals surface area contributed by atoms with Crippen molar-refractivity contribution < 1.29 is 68.3 Å². The summed E-state index contributed by atoms with van der Waals surface area (Å²) in [6.07, 6.45) is 7.34. The van der Waals surface area contributed by atoms with Crippen LogP contribution in [-0.4, -0.2) is 140 Å². The molecule has 0 radical (unpaired) electrons. The van der Waals surface area contributed by atoms with Gasteiger partial charge in [0.2, 0.25) is 43.6 Å². The van der Waals surface area contributed by atoms with E-state index in [0.29, 0.717) is 81.9 Å². The fourth-order valence-corrected chi connectivity index (χ4v) is 37.3. The molecule has 0 saturated heterocycles. The van der Waals surface area contributed by atoms with Gasteiger partial charge in [-0.25, -0.2) is 0 Å². The molecule has 576 valence electrons. The zero-order valence-corrected chi connectivity index (χ0v) is 77.7. The van der Waals surface area contributed by atoms with Crippen LogP contribution in [-0.2, 0) is 80.1 Å². The second kappa shape index (κ2) is 58.6. The van der Waals surface area contributed by atoms with Crippen molar-refractivity contribution in [1.29, 1.82) is 0 Å². The first-order valence-electron chi connectivity index (χ1n) is 35.2. The maximum absolute atomic E-state index is 12.5. The molecule has 0 fully saturated rings. The minimum Gasteiger partial charge on any atom is -0.469 e. The SMILES string of the molecule is COC(=O)CCSP(OC(C)CSP(OC(C)CSP(CC(C)CC(C)C)OC(C)CC(C)C)OC(C)CSP(OC(C)CC(C)C)OC(C)CC(C)C)OC(C)CSP(=S)(OC(C)CSP(OC)OC(C)CC(C)C)OC(C)CSP(OC(C)CC(C)C)OC(C)CC(C)C. The van der Waals surface area contributed by atoms with E-state index in [1.165, 1.54) is 36.3 Å². The lowest BCUT2D eigenvalue weighted by atomic mass is 10.0. The normalized spacial score (nSPS) is 19.4. The first kappa shape index (κ1) is 101. The fourth-order valence-electron chi connectivity index (χ4n) is 9.56. The molecule has 0 aliphatic rings. The van der Waals surface area contributed by atoms with Crippen molar-refractivity contribution in [1.82, 2.24) is 0 Å². The highest BCUT2D eigenvalue weighted by atomic mass is 32.9. The minimum absolute atomic E-state index is 0.0526. The van der Waals surface area contributed by atoms with E-state index in [4.69, 9.17) is 75.4 Å². The molecule has 0 spiro atoms. The molecule has 0 aliphatic carbocycles. The van der Waals surface area contributed by atoms with Crippen LogP contribution in [0.15, 0.2) is 0 Å². The maximum atomic E-state index is 12.5. The summed E-state index contributed by atoms with van der Waals surface area (Å²) < 4.78 is 92.1. The van der Waals surface area contributed by atoms with Gasteiger partial charge in [-0.1, -0.05) is 172 Å². The van der Waals surface area contributed by atoms with E-state index < -0.39 is 50.9 Å². The van der Waals surface area contributed by atoms with Gasteiger partial charge in [-0.15, -0.1) is 11.4 Å². The first-order chi connectivity index (χ1) is 44.8. The number of hydrogen-bond donors (Lipinski definition) is 0. The first-order valence-corrected chi connectivity index (χ1v) is 56.3. The Bertz CT molecular complexity index is 1840. The molecule has 18 atom stereocenters. The van der Waals surface area contributed by atoms with Crippen molar-refractivity contribution in [2.75, 3.05) is 60.7 Å². The summed E-state index contributed by atoms with van der Waals surface area (Å²) in [5.74, 6) is 8.21. The van der Waals surface area contributed by atoms with E-state index in [0.717, 1.165) is 50.4 Å². The van der Waals surface area contributed by atoms with Crippen molar-refractivity contribution in [3.05, 3.63) is 0 Å². The van der Waals surface area contributed by atoms with Crippen LogP contribution in [0.5, 0.6) is 0 Å². The number of esters is 1. The van der Waals surface area contributed by atoms with Crippen molar-refractivity contribution >= 4 is 148 Å². The van der Waals surface area contributed by atoms with E-state index in [9.17, 15) is 4.79 Å². The molecule has 0 aromatic rings. The van der Waals surface area contributed by atoms with Crippen molar-refractivity contribution in [2.45, 2.75) is 312 Å². The van der Waals surface area contributed by atoms with Gasteiger partial charge in [-0.2, -0.15) is 0 Å². The minimum atomic E-state index is -3.03. The van der Waals surface area contributed by atoms with Crippen molar-refractivity contribution in [3.63, 3.8) is 0 Å². The number of carbonyl (C=O) groups excluding carboxylic acids is 1. The Morgan fingerprint density at radius 1 is 0.333 bits per heavy atom. The monoisotopic (exact) mass is 1640 g/mol. The molecule has 0 aromatic carbocycles. The van der Waals surface area contributed by atoms with Gasteiger partial charge in [0, 0.05) is 53.5 Å². The second-order valence-corrected chi connectivity index (χ2v) is 54.7. The topological polar surface area (TPSA) is 146 Å². The van der Waals surface area contributed by atoms with E-state index in [2.05, 4.69) is 173 Å². The van der Waals surface area contributed by atoms with Crippen LogP contribution in [0.3, 0.4) is 0 Å². The number of methoxy groups -OCH3 is 1. The predicted octanol–water partition coefficient (Wildman–Crippen LogP) is 26.8. The Morgan fingerprint density at radius 2 is 0.604 bits per heavy atom. The Labute approximate surface area is 631 Å². The van der Waals surface area contributed by atoms with Crippen LogP contribution in [0.1, 0.15) is 238 Å². The molecular formula is C66H139O15P7S8. The van der Waals surface area contributed by atoms with Crippen LogP contribution in [0.25, 0.3) is 0 Å². The van der Waals surface area contributed by atoms with Gasteiger partial charge in [0.25, 0.3) is 0 Å². The lowest BCUT2D eigenvalue weighted by Crippen LogP contribution is -2.17. The molecule has 0 aromatic heterocycles. The Balaban J connectivity index is 6.98. The van der Waals surface area contributed by atoms with E-state index >= 15 is 0 Å². The zero-order chi connectivity index (χ0) is 73.3. The van der Waals surface area contributed by atoms with E-state index in [-0.39, 0.29) is 85.6 Å². The van der Waals surface area contributed by atoms with Crippen LogP contribution < -0.4 is 0 Å². The van der Waals surface area contributed by atoms with Gasteiger partial charge < -0.3 is 63.5 Å². The quantitative estimate of drug-likeness (QED) is 0.0420. The molecule has 96 heavy (non-hydrogen) atoms. The third kappa shape index (κ3) is 57.7. The third-order valence-electron chi connectivity index (χ3n) is 12.9. The van der Waals surface area contributed by atoms with Gasteiger partial charge in [-0.3, -0.25) is 4.79 Å². The molecule has 0 rings (SSSR count). The molecule has 0 bridgehead atoms. The maximum Gasteiger partial charge on any atom is 0.306 e. The molecule has 0 amide bonds. The molecule has 0 saturated carbocycles. The van der Waals surface area contributed by atoms with Crippen molar-refractivity contribution in [3.8, 4) is 0 Å². The Hall–Kier alpha value is 4.63. The van der Waals surface area contributed by atoms with Crippen LogP contribution >= 0.6 is 131 Å². The average molecular weight is 1650 g/mol. The summed E-state index contributed by atoms with van der Waals surface area (Å²) in [7, 11) is -4.32. The highest BCUT2D eigenvalue weighted by Crippen LogP contribution is 2.66. The highest BCUT2D eigenvalue weighted by molar-refractivity contribution is 8.68.